The van der Waals surface area contributed by atoms with E-state index < -0.39 is 0 Å². The molecule has 1 aromatic rings. The van der Waals surface area contributed by atoms with Crippen LogP contribution in [0, 0.1) is 12.8 Å². The van der Waals surface area contributed by atoms with Gasteiger partial charge in [0.25, 0.3) is 0 Å². The van der Waals surface area contributed by atoms with Crippen molar-refractivity contribution in [1.29, 1.82) is 0 Å². The zero-order valence-electron chi connectivity index (χ0n) is 7.62. The third-order valence-corrected chi connectivity index (χ3v) is 2.58. The van der Waals surface area contributed by atoms with E-state index in [1.54, 1.807) is 0 Å². The molecule has 1 aliphatic carbocycles. The van der Waals surface area contributed by atoms with E-state index >= 15 is 0 Å². The SMILES string of the molecule is Cc1cc(N)n([C@H](C)C2CC2)n1. The molecule has 1 atom stereocenters. The van der Waals surface area contributed by atoms with E-state index in [4.69, 9.17) is 5.73 Å². The number of aryl methyl sites for hydroxylation is 1. The standard InChI is InChI=1S/C9H15N3/c1-6-5-9(10)12(11-6)7(2)8-3-4-8/h5,7-8H,3-4,10H2,1-2H3/t7-/m1/s1. The smallest absolute Gasteiger partial charge is 0.122 e. The number of anilines is 1. The van der Waals surface area contributed by atoms with Crippen molar-refractivity contribution in [2.45, 2.75) is 32.7 Å². The van der Waals surface area contributed by atoms with Gasteiger partial charge < -0.3 is 5.73 Å². The molecular weight excluding hydrogens is 150 g/mol. The Kier molecular flexibility index (Phi) is 1.60. The largest absolute Gasteiger partial charge is 0.384 e. The van der Waals surface area contributed by atoms with E-state index in [0.29, 0.717) is 6.04 Å². The fourth-order valence-electron chi connectivity index (χ4n) is 1.64. The van der Waals surface area contributed by atoms with Crippen LogP contribution in [0.1, 0.15) is 31.5 Å². The summed E-state index contributed by atoms with van der Waals surface area (Å²) in [6.45, 7) is 4.17. The van der Waals surface area contributed by atoms with Gasteiger partial charge in [-0.3, -0.25) is 0 Å². The number of hydrogen-bond acceptors (Lipinski definition) is 2. The van der Waals surface area contributed by atoms with Gasteiger partial charge in [0.15, 0.2) is 0 Å². The van der Waals surface area contributed by atoms with E-state index in [1.807, 2.05) is 17.7 Å². The van der Waals surface area contributed by atoms with Crippen molar-refractivity contribution < 1.29 is 0 Å². The van der Waals surface area contributed by atoms with Gasteiger partial charge in [0, 0.05) is 6.07 Å². The summed E-state index contributed by atoms with van der Waals surface area (Å²) in [4.78, 5) is 0. The summed E-state index contributed by atoms with van der Waals surface area (Å²) >= 11 is 0. The van der Waals surface area contributed by atoms with Crippen molar-refractivity contribution in [2.75, 3.05) is 5.73 Å². The second-order valence-corrected chi connectivity index (χ2v) is 3.73. The summed E-state index contributed by atoms with van der Waals surface area (Å²) in [6.07, 6.45) is 2.67. The van der Waals surface area contributed by atoms with Crippen LogP contribution in [0.15, 0.2) is 6.07 Å². The van der Waals surface area contributed by atoms with Gasteiger partial charge in [0.05, 0.1) is 11.7 Å². The molecule has 0 unspecified atom stereocenters. The fraction of sp³-hybridized carbons (Fsp3) is 0.667. The quantitative estimate of drug-likeness (QED) is 0.725. The van der Waals surface area contributed by atoms with Crippen LogP contribution in [0.2, 0.25) is 0 Å². The Labute approximate surface area is 72.6 Å². The monoisotopic (exact) mass is 165 g/mol. The highest BCUT2D eigenvalue weighted by molar-refractivity contribution is 5.31. The van der Waals surface area contributed by atoms with Crippen LogP contribution < -0.4 is 5.73 Å². The lowest BCUT2D eigenvalue weighted by Crippen LogP contribution is -2.11. The maximum absolute atomic E-state index is 5.81. The molecule has 66 valence electrons. The predicted octanol–water partition coefficient (Wildman–Crippen LogP) is 1.74. The first-order chi connectivity index (χ1) is 5.68. The molecule has 1 fully saturated rings. The van der Waals surface area contributed by atoms with Crippen LogP contribution in [-0.2, 0) is 0 Å². The fourth-order valence-corrected chi connectivity index (χ4v) is 1.64. The van der Waals surface area contributed by atoms with Gasteiger partial charge in [0.1, 0.15) is 5.82 Å². The van der Waals surface area contributed by atoms with E-state index in [0.717, 1.165) is 17.4 Å². The van der Waals surface area contributed by atoms with Gasteiger partial charge in [-0.25, -0.2) is 4.68 Å². The average Bonchev–Trinajstić information content (AvgIpc) is 2.77. The summed E-state index contributed by atoms with van der Waals surface area (Å²) in [5, 5.41) is 4.36. The zero-order chi connectivity index (χ0) is 8.72. The van der Waals surface area contributed by atoms with Crippen molar-refractivity contribution >= 4 is 5.82 Å². The molecule has 0 spiro atoms. The molecular formula is C9H15N3. The lowest BCUT2D eigenvalue weighted by Gasteiger charge is -2.11. The molecule has 1 aromatic heterocycles. The number of nitrogens with zero attached hydrogens (tertiary/aromatic N) is 2. The molecule has 0 radical (unpaired) electrons. The molecule has 1 heterocycles. The minimum Gasteiger partial charge on any atom is -0.384 e. The van der Waals surface area contributed by atoms with Gasteiger partial charge in [0.2, 0.25) is 0 Å². The minimum atomic E-state index is 0.485. The molecule has 0 saturated heterocycles. The van der Waals surface area contributed by atoms with E-state index in [1.165, 1.54) is 12.8 Å². The van der Waals surface area contributed by atoms with E-state index in [-0.39, 0.29) is 0 Å². The van der Waals surface area contributed by atoms with Crippen molar-refractivity contribution in [1.82, 2.24) is 9.78 Å². The first-order valence-corrected chi connectivity index (χ1v) is 4.50. The third-order valence-electron chi connectivity index (χ3n) is 2.58. The summed E-state index contributed by atoms with van der Waals surface area (Å²) in [7, 11) is 0. The summed E-state index contributed by atoms with van der Waals surface area (Å²) in [5.41, 5.74) is 6.82. The molecule has 2 rings (SSSR count). The van der Waals surface area contributed by atoms with Crippen molar-refractivity contribution in [2.24, 2.45) is 5.92 Å². The Bertz CT molecular complexity index is 286. The third kappa shape index (κ3) is 1.19. The lowest BCUT2D eigenvalue weighted by atomic mass is 10.2. The first kappa shape index (κ1) is 7.65. The Balaban J connectivity index is 2.25. The van der Waals surface area contributed by atoms with Crippen LogP contribution in [0.4, 0.5) is 5.82 Å². The molecule has 0 aromatic carbocycles. The van der Waals surface area contributed by atoms with Crippen molar-refractivity contribution in [3.05, 3.63) is 11.8 Å². The Hall–Kier alpha value is -0.990. The van der Waals surface area contributed by atoms with Gasteiger partial charge in [-0.05, 0) is 32.6 Å². The molecule has 2 N–H and O–H groups in total. The van der Waals surface area contributed by atoms with Gasteiger partial charge in [-0.1, -0.05) is 0 Å². The zero-order valence-corrected chi connectivity index (χ0v) is 7.62. The topological polar surface area (TPSA) is 43.8 Å². The maximum Gasteiger partial charge on any atom is 0.122 e. The Morgan fingerprint density at radius 1 is 1.67 bits per heavy atom. The summed E-state index contributed by atoms with van der Waals surface area (Å²) in [6, 6.07) is 2.41. The van der Waals surface area contributed by atoms with E-state index in [2.05, 4.69) is 12.0 Å². The number of aromatic nitrogens is 2. The second kappa shape index (κ2) is 2.51. The van der Waals surface area contributed by atoms with Crippen LogP contribution >= 0.6 is 0 Å². The maximum atomic E-state index is 5.81. The van der Waals surface area contributed by atoms with Gasteiger partial charge in [-0.2, -0.15) is 5.10 Å². The predicted molar refractivity (Wildman–Crippen MR) is 48.8 cm³/mol. The normalized spacial score (nSPS) is 19.5. The molecule has 0 bridgehead atoms. The number of nitrogens with two attached hydrogens (primary N) is 1. The highest BCUT2D eigenvalue weighted by atomic mass is 15.3. The lowest BCUT2D eigenvalue weighted by molar-refractivity contribution is 0.444. The van der Waals surface area contributed by atoms with Crippen molar-refractivity contribution in [3.63, 3.8) is 0 Å². The number of rotatable bonds is 2. The molecule has 1 saturated carbocycles. The van der Waals surface area contributed by atoms with E-state index in [9.17, 15) is 0 Å². The molecule has 3 heteroatoms. The molecule has 3 nitrogen and oxygen atoms in total. The number of nitrogen functional groups attached to an aromatic ring is 1. The average molecular weight is 165 g/mol. The minimum absolute atomic E-state index is 0.485. The Morgan fingerprint density at radius 3 is 2.75 bits per heavy atom. The molecule has 12 heavy (non-hydrogen) atoms. The first-order valence-electron chi connectivity index (χ1n) is 4.50. The highest BCUT2D eigenvalue weighted by Crippen LogP contribution is 2.39. The molecule has 0 aliphatic heterocycles. The van der Waals surface area contributed by atoms with Crippen LogP contribution in [-0.4, -0.2) is 9.78 Å². The van der Waals surface area contributed by atoms with Crippen LogP contribution in [0.3, 0.4) is 0 Å². The van der Waals surface area contributed by atoms with Crippen LogP contribution in [0.25, 0.3) is 0 Å². The number of hydrogen-bond donors (Lipinski definition) is 1. The Morgan fingerprint density at radius 2 is 2.33 bits per heavy atom. The molecule has 0 amide bonds. The van der Waals surface area contributed by atoms with Crippen molar-refractivity contribution in [3.8, 4) is 0 Å². The highest BCUT2D eigenvalue weighted by Gasteiger charge is 2.30. The summed E-state index contributed by atoms with van der Waals surface area (Å²) < 4.78 is 1.95. The van der Waals surface area contributed by atoms with Crippen LogP contribution in [0.5, 0.6) is 0 Å². The van der Waals surface area contributed by atoms with Gasteiger partial charge in [-0.15, -0.1) is 0 Å². The second-order valence-electron chi connectivity index (χ2n) is 3.73. The molecule has 1 aliphatic rings. The van der Waals surface area contributed by atoms with Gasteiger partial charge >= 0.3 is 0 Å². The summed E-state index contributed by atoms with van der Waals surface area (Å²) in [5.74, 6) is 1.61.